The van der Waals surface area contributed by atoms with Crippen molar-refractivity contribution in [3.05, 3.63) is 35.9 Å². The van der Waals surface area contributed by atoms with E-state index in [1.54, 1.807) is 26.0 Å². The largest absolute Gasteiger partial charge is 0.359 e. The van der Waals surface area contributed by atoms with Gasteiger partial charge in [-0.2, -0.15) is 5.10 Å². The molecule has 1 unspecified atom stereocenters. The van der Waals surface area contributed by atoms with Gasteiger partial charge in [0.05, 0.1) is 5.71 Å². The highest BCUT2D eigenvalue weighted by molar-refractivity contribution is 6.03. The van der Waals surface area contributed by atoms with Crippen LogP contribution in [-0.2, 0) is 14.4 Å². The number of amidine groups is 1. The van der Waals surface area contributed by atoms with Crippen LogP contribution in [0.25, 0.3) is 0 Å². The Labute approximate surface area is 124 Å². The van der Waals surface area contributed by atoms with E-state index < -0.39 is 0 Å². The van der Waals surface area contributed by atoms with Crippen molar-refractivity contribution in [2.45, 2.75) is 32.9 Å². The van der Waals surface area contributed by atoms with Crippen LogP contribution in [0.4, 0.5) is 0 Å². The molecule has 0 saturated carbocycles. The minimum atomic E-state index is -0.380. The Bertz CT molecular complexity index is 555. The van der Waals surface area contributed by atoms with Crippen molar-refractivity contribution in [3.63, 3.8) is 0 Å². The van der Waals surface area contributed by atoms with Crippen molar-refractivity contribution in [2.75, 3.05) is 7.11 Å². The van der Waals surface area contributed by atoms with Crippen molar-refractivity contribution in [3.8, 4) is 0 Å². The summed E-state index contributed by atoms with van der Waals surface area (Å²) < 4.78 is 5.42. The van der Waals surface area contributed by atoms with Gasteiger partial charge in [-0.05, 0) is 12.5 Å². The minimum absolute atomic E-state index is 0.246. The van der Waals surface area contributed by atoms with E-state index in [1.807, 2.05) is 30.3 Å². The highest BCUT2D eigenvalue weighted by Crippen LogP contribution is 2.21. The summed E-state index contributed by atoms with van der Waals surface area (Å²) in [4.78, 5) is 15.9. The zero-order valence-corrected chi connectivity index (χ0v) is 12.4. The Morgan fingerprint density at radius 3 is 2.76 bits per heavy atom. The molecule has 1 aromatic rings. The summed E-state index contributed by atoms with van der Waals surface area (Å²) in [6.45, 7) is 3.44. The number of hydrogen-bond donors (Lipinski definition) is 0. The number of carbonyl (C=O) groups is 1. The standard InChI is InChI=1S/C15H19N3O3/c1-4-15(19)21-17-11(2)18-14(20-3)10-13(16-18)12-8-6-5-7-9-12/h5-9,14H,4,10H2,1-3H3/b17-11-. The maximum atomic E-state index is 11.2. The Hall–Kier alpha value is -2.21. The van der Waals surface area contributed by atoms with Crippen LogP contribution in [0.5, 0.6) is 0 Å². The van der Waals surface area contributed by atoms with Gasteiger partial charge in [0.1, 0.15) is 0 Å². The summed E-state index contributed by atoms with van der Waals surface area (Å²) in [6.07, 6.45) is 0.683. The van der Waals surface area contributed by atoms with E-state index in [4.69, 9.17) is 9.57 Å². The molecule has 2 rings (SSSR count). The van der Waals surface area contributed by atoms with E-state index in [-0.39, 0.29) is 18.6 Å². The fourth-order valence-electron chi connectivity index (χ4n) is 1.98. The number of carbonyl (C=O) groups excluding carboxylic acids is 1. The predicted octanol–water partition coefficient (Wildman–Crippen LogP) is 2.36. The van der Waals surface area contributed by atoms with Crippen LogP contribution in [0.1, 0.15) is 32.3 Å². The molecule has 0 aliphatic carbocycles. The molecule has 0 fully saturated rings. The van der Waals surface area contributed by atoms with Gasteiger partial charge in [-0.25, -0.2) is 9.80 Å². The molecule has 0 spiro atoms. The van der Waals surface area contributed by atoms with Gasteiger partial charge in [-0.1, -0.05) is 42.4 Å². The van der Waals surface area contributed by atoms with Crippen LogP contribution < -0.4 is 0 Å². The lowest BCUT2D eigenvalue weighted by Gasteiger charge is -2.20. The molecule has 1 aliphatic rings. The first kappa shape index (κ1) is 15.2. The SMILES string of the molecule is CCC(=O)O/N=C(/C)N1N=C(c2ccccc2)CC1OC. The maximum Gasteiger partial charge on any atom is 0.334 e. The smallest absolute Gasteiger partial charge is 0.334 e. The van der Waals surface area contributed by atoms with Crippen molar-refractivity contribution < 1.29 is 14.4 Å². The highest BCUT2D eigenvalue weighted by Gasteiger charge is 2.29. The Balaban J connectivity index is 2.17. The van der Waals surface area contributed by atoms with Crippen molar-refractivity contribution in [1.29, 1.82) is 0 Å². The molecule has 0 aromatic heterocycles. The summed E-state index contributed by atoms with van der Waals surface area (Å²) in [7, 11) is 1.62. The van der Waals surface area contributed by atoms with Crippen molar-refractivity contribution in [2.24, 2.45) is 10.3 Å². The third-order valence-corrected chi connectivity index (χ3v) is 3.15. The first-order chi connectivity index (χ1) is 10.2. The molecule has 6 heteroatoms. The molecule has 1 heterocycles. The molecule has 6 nitrogen and oxygen atoms in total. The maximum absolute atomic E-state index is 11.2. The zero-order valence-electron chi connectivity index (χ0n) is 12.4. The molecular weight excluding hydrogens is 270 g/mol. The zero-order chi connectivity index (χ0) is 15.2. The Morgan fingerprint density at radius 2 is 2.14 bits per heavy atom. The lowest BCUT2D eigenvalue weighted by Crippen LogP contribution is -2.32. The predicted molar refractivity (Wildman–Crippen MR) is 79.7 cm³/mol. The molecule has 112 valence electrons. The Morgan fingerprint density at radius 1 is 1.43 bits per heavy atom. The number of benzene rings is 1. The monoisotopic (exact) mass is 289 g/mol. The number of methoxy groups -OCH3 is 1. The normalized spacial score (nSPS) is 18.6. The molecule has 0 amide bonds. The van der Waals surface area contributed by atoms with E-state index in [9.17, 15) is 4.79 Å². The second-order valence-corrected chi connectivity index (χ2v) is 4.61. The summed E-state index contributed by atoms with van der Waals surface area (Å²) in [6, 6.07) is 9.89. The van der Waals surface area contributed by atoms with Gasteiger partial charge >= 0.3 is 5.97 Å². The summed E-state index contributed by atoms with van der Waals surface area (Å²) in [5.74, 6) is 0.101. The van der Waals surface area contributed by atoms with Crippen LogP contribution in [0.15, 0.2) is 40.6 Å². The lowest BCUT2D eigenvalue weighted by molar-refractivity contribution is -0.143. The van der Waals surface area contributed by atoms with Gasteiger partial charge in [-0.15, -0.1) is 0 Å². The molecule has 1 atom stereocenters. The molecule has 21 heavy (non-hydrogen) atoms. The van der Waals surface area contributed by atoms with Crippen LogP contribution in [0.2, 0.25) is 0 Å². The number of rotatable bonds is 4. The Kier molecular flexibility index (Phi) is 5.05. The van der Waals surface area contributed by atoms with E-state index in [2.05, 4.69) is 10.3 Å². The fraction of sp³-hybridized carbons (Fsp3) is 0.400. The third kappa shape index (κ3) is 3.66. The number of hydrogen-bond acceptors (Lipinski definition) is 5. The molecule has 0 saturated heterocycles. The van der Waals surface area contributed by atoms with Gasteiger partial charge in [0.15, 0.2) is 12.1 Å². The minimum Gasteiger partial charge on any atom is -0.359 e. The second-order valence-electron chi connectivity index (χ2n) is 4.61. The van der Waals surface area contributed by atoms with Crippen LogP contribution >= 0.6 is 0 Å². The van der Waals surface area contributed by atoms with Crippen LogP contribution in [0, 0.1) is 0 Å². The van der Waals surface area contributed by atoms with Gasteiger partial charge in [0.2, 0.25) is 0 Å². The molecule has 1 aliphatic heterocycles. The van der Waals surface area contributed by atoms with Crippen molar-refractivity contribution in [1.82, 2.24) is 5.01 Å². The highest BCUT2D eigenvalue weighted by atomic mass is 16.7. The van der Waals surface area contributed by atoms with Crippen LogP contribution in [-0.4, -0.2) is 35.9 Å². The average Bonchev–Trinajstić information content (AvgIpc) is 2.97. The summed E-state index contributed by atoms with van der Waals surface area (Å²) in [5, 5.41) is 9.96. The van der Waals surface area contributed by atoms with Gasteiger partial charge in [0.25, 0.3) is 0 Å². The molecule has 0 bridgehead atoms. The number of nitrogens with zero attached hydrogens (tertiary/aromatic N) is 3. The van der Waals surface area contributed by atoms with Gasteiger partial charge in [-0.3, -0.25) is 0 Å². The van der Waals surface area contributed by atoms with E-state index in [0.29, 0.717) is 12.3 Å². The molecule has 1 aromatic carbocycles. The van der Waals surface area contributed by atoms with E-state index in [0.717, 1.165) is 11.3 Å². The lowest BCUT2D eigenvalue weighted by atomic mass is 10.1. The van der Waals surface area contributed by atoms with E-state index >= 15 is 0 Å². The third-order valence-electron chi connectivity index (χ3n) is 3.15. The average molecular weight is 289 g/mol. The number of ether oxygens (including phenoxy) is 1. The summed E-state index contributed by atoms with van der Waals surface area (Å²) >= 11 is 0. The van der Waals surface area contributed by atoms with E-state index in [1.165, 1.54) is 0 Å². The quantitative estimate of drug-likeness (QED) is 0.369. The second kappa shape index (κ2) is 6.99. The topological polar surface area (TPSA) is 63.5 Å². The number of oxime groups is 1. The van der Waals surface area contributed by atoms with Gasteiger partial charge < -0.3 is 9.57 Å². The fourth-order valence-corrected chi connectivity index (χ4v) is 1.98. The first-order valence-electron chi connectivity index (χ1n) is 6.85. The van der Waals surface area contributed by atoms with Crippen LogP contribution in [0.3, 0.4) is 0 Å². The molecular formula is C15H19N3O3. The number of hydrazone groups is 1. The van der Waals surface area contributed by atoms with Gasteiger partial charge in [0, 0.05) is 20.0 Å². The van der Waals surface area contributed by atoms with Crippen molar-refractivity contribution >= 4 is 17.5 Å². The first-order valence-corrected chi connectivity index (χ1v) is 6.85. The molecule has 0 N–H and O–H groups in total. The molecule has 0 radical (unpaired) electrons. The summed E-state index contributed by atoms with van der Waals surface area (Å²) in [5.41, 5.74) is 1.96.